The number of aliphatic hydroxyl groups excluding tert-OH is 1. The van der Waals surface area contributed by atoms with Gasteiger partial charge in [0.25, 0.3) is 0 Å². The Labute approximate surface area is 119 Å². The third-order valence-corrected chi connectivity index (χ3v) is 4.69. The molecule has 2 aromatic rings. The van der Waals surface area contributed by atoms with Gasteiger partial charge in [0.2, 0.25) is 0 Å². The van der Waals surface area contributed by atoms with Crippen LogP contribution in [-0.2, 0) is 12.0 Å². The first kappa shape index (κ1) is 13.6. The van der Waals surface area contributed by atoms with E-state index < -0.39 is 0 Å². The number of hydrogen-bond donors (Lipinski definition) is 2. The van der Waals surface area contributed by atoms with Crippen LogP contribution in [0.3, 0.4) is 0 Å². The lowest BCUT2D eigenvalue weighted by molar-refractivity contribution is 0.249. The van der Waals surface area contributed by atoms with E-state index in [0.717, 1.165) is 49.2 Å². The molecule has 1 aromatic heterocycles. The van der Waals surface area contributed by atoms with Gasteiger partial charge < -0.3 is 15.0 Å². The molecular formula is C16H23N3O. The summed E-state index contributed by atoms with van der Waals surface area (Å²) in [6.45, 7) is 5.15. The van der Waals surface area contributed by atoms with Crippen molar-refractivity contribution in [2.45, 2.75) is 38.1 Å². The Balaban J connectivity index is 2.15. The quantitative estimate of drug-likeness (QED) is 0.896. The SMILES string of the molecule is CCC1(c2nc3ccccc3n2CCO)CCNCC1. The molecule has 0 radical (unpaired) electrons. The molecule has 1 saturated heterocycles. The second-order valence-electron chi connectivity index (χ2n) is 5.68. The van der Waals surface area contributed by atoms with Crippen molar-refractivity contribution in [3.05, 3.63) is 30.1 Å². The molecule has 0 saturated carbocycles. The summed E-state index contributed by atoms with van der Waals surface area (Å²) in [6.07, 6.45) is 3.35. The summed E-state index contributed by atoms with van der Waals surface area (Å²) in [5.74, 6) is 1.16. The second-order valence-corrected chi connectivity index (χ2v) is 5.68. The number of hydrogen-bond acceptors (Lipinski definition) is 3. The minimum atomic E-state index is 0.152. The highest BCUT2D eigenvalue weighted by Gasteiger charge is 2.36. The standard InChI is InChI=1S/C16H23N3O/c1-2-16(7-9-17-10-8-16)15-18-13-5-3-4-6-14(13)19(15)11-12-20/h3-6,17,20H,2,7-12H2,1H3. The molecular weight excluding hydrogens is 250 g/mol. The summed E-state index contributed by atoms with van der Waals surface area (Å²) in [4.78, 5) is 4.92. The van der Waals surface area contributed by atoms with Crippen molar-refractivity contribution in [2.24, 2.45) is 0 Å². The van der Waals surface area contributed by atoms with Crippen LogP contribution in [0, 0.1) is 0 Å². The van der Waals surface area contributed by atoms with Crippen molar-refractivity contribution in [3.63, 3.8) is 0 Å². The molecule has 1 aromatic carbocycles. The number of aliphatic hydroxyl groups is 1. The minimum Gasteiger partial charge on any atom is -0.395 e. The van der Waals surface area contributed by atoms with Crippen molar-refractivity contribution in [1.82, 2.24) is 14.9 Å². The molecule has 1 fully saturated rings. The number of piperidine rings is 1. The van der Waals surface area contributed by atoms with Crippen LogP contribution in [0.15, 0.2) is 24.3 Å². The Morgan fingerprint density at radius 1 is 1.30 bits per heavy atom. The molecule has 1 aliphatic rings. The Kier molecular flexibility index (Phi) is 3.76. The zero-order valence-electron chi connectivity index (χ0n) is 12.1. The molecule has 0 amide bonds. The van der Waals surface area contributed by atoms with Crippen LogP contribution in [0.25, 0.3) is 11.0 Å². The van der Waals surface area contributed by atoms with E-state index in [1.165, 1.54) is 0 Å². The van der Waals surface area contributed by atoms with Gasteiger partial charge in [-0.25, -0.2) is 4.98 Å². The van der Waals surface area contributed by atoms with Crippen LogP contribution < -0.4 is 5.32 Å². The highest BCUT2D eigenvalue weighted by molar-refractivity contribution is 5.76. The molecule has 1 aliphatic heterocycles. The smallest absolute Gasteiger partial charge is 0.116 e. The van der Waals surface area contributed by atoms with E-state index in [4.69, 9.17) is 4.98 Å². The fourth-order valence-electron chi connectivity index (χ4n) is 3.45. The number of nitrogens with zero attached hydrogens (tertiary/aromatic N) is 2. The summed E-state index contributed by atoms with van der Waals surface area (Å²) in [5, 5.41) is 12.9. The summed E-state index contributed by atoms with van der Waals surface area (Å²) >= 11 is 0. The van der Waals surface area contributed by atoms with Crippen LogP contribution in [0.1, 0.15) is 32.0 Å². The van der Waals surface area contributed by atoms with Gasteiger partial charge >= 0.3 is 0 Å². The normalized spacial score (nSPS) is 18.5. The highest BCUT2D eigenvalue weighted by atomic mass is 16.3. The van der Waals surface area contributed by atoms with E-state index >= 15 is 0 Å². The summed E-state index contributed by atoms with van der Waals surface area (Å²) in [6, 6.07) is 8.25. The number of aromatic nitrogens is 2. The van der Waals surface area contributed by atoms with Gasteiger partial charge in [-0.1, -0.05) is 19.1 Å². The van der Waals surface area contributed by atoms with Crippen molar-refractivity contribution in [2.75, 3.05) is 19.7 Å². The number of benzene rings is 1. The number of imidazole rings is 1. The number of nitrogens with one attached hydrogen (secondary N) is 1. The first-order valence-electron chi connectivity index (χ1n) is 7.58. The first-order valence-corrected chi connectivity index (χ1v) is 7.58. The zero-order valence-corrected chi connectivity index (χ0v) is 12.1. The van der Waals surface area contributed by atoms with Gasteiger partial charge in [-0.2, -0.15) is 0 Å². The highest BCUT2D eigenvalue weighted by Crippen LogP contribution is 2.37. The lowest BCUT2D eigenvalue weighted by Gasteiger charge is -2.36. The number of para-hydroxylation sites is 2. The predicted octanol–water partition coefficient (Wildman–Crippen LogP) is 2.06. The maximum absolute atomic E-state index is 9.42. The van der Waals surface area contributed by atoms with E-state index in [2.05, 4.69) is 28.9 Å². The Morgan fingerprint density at radius 3 is 2.75 bits per heavy atom. The average Bonchev–Trinajstić information content (AvgIpc) is 2.88. The molecule has 20 heavy (non-hydrogen) atoms. The summed E-state index contributed by atoms with van der Waals surface area (Å²) in [5.41, 5.74) is 2.34. The topological polar surface area (TPSA) is 50.1 Å². The Hall–Kier alpha value is -1.39. The lowest BCUT2D eigenvalue weighted by atomic mass is 9.76. The molecule has 0 spiro atoms. The summed E-state index contributed by atoms with van der Waals surface area (Å²) < 4.78 is 2.23. The van der Waals surface area contributed by atoms with Crippen molar-refractivity contribution in [3.8, 4) is 0 Å². The van der Waals surface area contributed by atoms with E-state index in [9.17, 15) is 5.11 Å². The minimum absolute atomic E-state index is 0.152. The fourth-order valence-corrected chi connectivity index (χ4v) is 3.45. The van der Waals surface area contributed by atoms with Crippen LogP contribution in [0.4, 0.5) is 0 Å². The summed E-state index contributed by atoms with van der Waals surface area (Å²) in [7, 11) is 0. The molecule has 0 unspecified atom stereocenters. The molecule has 0 atom stereocenters. The molecule has 3 rings (SSSR count). The van der Waals surface area contributed by atoms with E-state index in [0.29, 0.717) is 6.54 Å². The molecule has 108 valence electrons. The zero-order chi connectivity index (χ0) is 14.0. The average molecular weight is 273 g/mol. The molecule has 0 bridgehead atoms. The molecule has 2 heterocycles. The molecule has 0 aliphatic carbocycles. The number of fused-ring (bicyclic) bond motifs is 1. The Morgan fingerprint density at radius 2 is 2.05 bits per heavy atom. The molecule has 2 N–H and O–H groups in total. The first-order chi connectivity index (χ1) is 9.80. The van der Waals surface area contributed by atoms with Gasteiger partial charge in [0, 0.05) is 12.0 Å². The van der Waals surface area contributed by atoms with Crippen molar-refractivity contribution in [1.29, 1.82) is 0 Å². The third-order valence-electron chi connectivity index (χ3n) is 4.69. The largest absolute Gasteiger partial charge is 0.395 e. The Bertz CT molecular complexity index is 584. The second kappa shape index (κ2) is 5.54. The fraction of sp³-hybridized carbons (Fsp3) is 0.562. The van der Waals surface area contributed by atoms with Crippen molar-refractivity contribution >= 4 is 11.0 Å². The number of rotatable bonds is 4. The van der Waals surface area contributed by atoms with Crippen LogP contribution in [0.2, 0.25) is 0 Å². The van der Waals surface area contributed by atoms with E-state index in [-0.39, 0.29) is 12.0 Å². The van der Waals surface area contributed by atoms with Gasteiger partial charge in [0.1, 0.15) is 5.82 Å². The van der Waals surface area contributed by atoms with Gasteiger partial charge in [-0.05, 0) is 44.5 Å². The van der Waals surface area contributed by atoms with Gasteiger partial charge in [0.05, 0.1) is 17.6 Å². The van der Waals surface area contributed by atoms with E-state index in [1.54, 1.807) is 0 Å². The lowest BCUT2D eigenvalue weighted by Crippen LogP contribution is -2.41. The van der Waals surface area contributed by atoms with Crippen LogP contribution in [-0.4, -0.2) is 34.4 Å². The van der Waals surface area contributed by atoms with Gasteiger partial charge in [-0.15, -0.1) is 0 Å². The van der Waals surface area contributed by atoms with Gasteiger partial charge in [0.15, 0.2) is 0 Å². The van der Waals surface area contributed by atoms with E-state index in [1.807, 2.05) is 12.1 Å². The molecule has 4 nitrogen and oxygen atoms in total. The maximum Gasteiger partial charge on any atom is 0.116 e. The monoisotopic (exact) mass is 273 g/mol. The van der Waals surface area contributed by atoms with Crippen LogP contribution >= 0.6 is 0 Å². The van der Waals surface area contributed by atoms with Gasteiger partial charge in [-0.3, -0.25) is 0 Å². The molecule has 4 heteroatoms. The van der Waals surface area contributed by atoms with Crippen molar-refractivity contribution < 1.29 is 5.11 Å². The third kappa shape index (κ3) is 2.13. The maximum atomic E-state index is 9.42. The predicted molar refractivity (Wildman–Crippen MR) is 80.9 cm³/mol. The van der Waals surface area contributed by atoms with Crippen LogP contribution in [0.5, 0.6) is 0 Å².